The fourth-order valence-electron chi connectivity index (χ4n) is 3.80. The zero-order chi connectivity index (χ0) is 18.3. The third kappa shape index (κ3) is 2.75. The SMILES string of the molecule is CC1CCc2[nH]c3c(C(=O)Nc4ccccc4C(N)=O)cccc3c2C1. The normalized spacial score (nSPS) is 16.3. The molecule has 132 valence electrons. The molecule has 1 aliphatic rings. The molecule has 1 aliphatic carbocycles. The summed E-state index contributed by atoms with van der Waals surface area (Å²) in [4.78, 5) is 27.9. The molecule has 4 N–H and O–H groups in total. The molecule has 5 heteroatoms. The van der Waals surface area contributed by atoms with Gasteiger partial charge in [-0.05, 0) is 48.9 Å². The summed E-state index contributed by atoms with van der Waals surface area (Å²) >= 11 is 0. The number of amides is 2. The quantitative estimate of drug-likeness (QED) is 0.675. The van der Waals surface area contributed by atoms with Crippen LogP contribution in [0.4, 0.5) is 5.69 Å². The molecule has 0 fully saturated rings. The molecule has 26 heavy (non-hydrogen) atoms. The van der Waals surface area contributed by atoms with E-state index in [1.54, 1.807) is 30.3 Å². The van der Waals surface area contributed by atoms with Crippen LogP contribution in [0.25, 0.3) is 10.9 Å². The molecule has 1 aromatic heterocycles. The first-order chi connectivity index (χ1) is 12.5. The van der Waals surface area contributed by atoms with Crippen molar-refractivity contribution in [2.75, 3.05) is 5.32 Å². The van der Waals surface area contributed by atoms with Crippen LogP contribution in [0.15, 0.2) is 42.5 Å². The maximum absolute atomic E-state index is 12.9. The maximum atomic E-state index is 12.9. The van der Waals surface area contributed by atoms with Crippen molar-refractivity contribution in [3.63, 3.8) is 0 Å². The van der Waals surface area contributed by atoms with E-state index in [1.807, 2.05) is 6.07 Å². The molecule has 4 rings (SSSR count). The summed E-state index contributed by atoms with van der Waals surface area (Å²) < 4.78 is 0. The molecule has 0 spiro atoms. The summed E-state index contributed by atoms with van der Waals surface area (Å²) in [6.07, 6.45) is 3.20. The summed E-state index contributed by atoms with van der Waals surface area (Å²) in [5.74, 6) is -0.166. The van der Waals surface area contributed by atoms with Crippen LogP contribution in [-0.2, 0) is 12.8 Å². The topological polar surface area (TPSA) is 88.0 Å². The highest BCUT2D eigenvalue weighted by Crippen LogP contribution is 2.33. The lowest BCUT2D eigenvalue weighted by Crippen LogP contribution is -2.18. The van der Waals surface area contributed by atoms with Gasteiger partial charge in [0.25, 0.3) is 11.8 Å². The number of carbonyl (C=O) groups is 2. The van der Waals surface area contributed by atoms with E-state index in [9.17, 15) is 9.59 Å². The number of hydrogen-bond donors (Lipinski definition) is 3. The Kier molecular flexibility index (Phi) is 3.99. The minimum atomic E-state index is -0.566. The molecule has 1 unspecified atom stereocenters. The molecule has 1 heterocycles. The summed E-state index contributed by atoms with van der Waals surface area (Å²) in [5, 5.41) is 3.94. The molecule has 5 nitrogen and oxygen atoms in total. The van der Waals surface area contributed by atoms with E-state index < -0.39 is 5.91 Å². The Morgan fingerprint density at radius 2 is 1.88 bits per heavy atom. The Morgan fingerprint density at radius 1 is 1.12 bits per heavy atom. The number of rotatable bonds is 3. The van der Waals surface area contributed by atoms with Crippen molar-refractivity contribution in [3.05, 3.63) is 64.8 Å². The number of H-pyrrole nitrogens is 1. The average Bonchev–Trinajstić information content (AvgIpc) is 2.99. The fourth-order valence-corrected chi connectivity index (χ4v) is 3.80. The standard InChI is InChI=1S/C21H21N3O2/c1-12-9-10-18-16(11-12)13-6-4-7-15(19(13)23-18)21(26)24-17-8-3-2-5-14(17)20(22)25/h2-8,12,23H,9-11H2,1H3,(H2,22,25)(H,24,26). The first-order valence-electron chi connectivity index (χ1n) is 8.87. The number of benzene rings is 2. The van der Waals surface area contributed by atoms with Gasteiger partial charge in [0.1, 0.15) is 0 Å². The summed E-state index contributed by atoms with van der Waals surface area (Å²) in [7, 11) is 0. The van der Waals surface area contributed by atoms with Crippen molar-refractivity contribution < 1.29 is 9.59 Å². The first kappa shape index (κ1) is 16.4. The largest absolute Gasteiger partial charge is 0.366 e. The lowest BCUT2D eigenvalue weighted by Gasteiger charge is -2.17. The molecule has 0 saturated heterocycles. The van der Waals surface area contributed by atoms with Gasteiger partial charge >= 0.3 is 0 Å². The number of aryl methyl sites for hydroxylation is 1. The molecule has 0 bridgehead atoms. The molecule has 0 aliphatic heterocycles. The number of primary amides is 1. The predicted molar refractivity (Wildman–Crippen MR) is 102 cm³/mol. The van der Waals surface area contributed by atoms with E-state index in [4.69, 9.17) is 5.73 Å². The van der Waals surface area contributed by atoms with Crippen LogP contribution in [0.1, 0.15) is 45.3 Å². The van der Waals surface area contributed by atoms with E-state index in [1.165, 1.54) is 11.3 Å². The smallest absolute Gasteiger partial charge is 0.257 e. The minimum absolute atomic E-state index is 0.254. The maximum Gasteiger partial charge on any atom is 0.257 e. The highest BCUT2D eigenvalue weighted by Gasteiger charge is 2.22. The molecule has 0 saturated carbocycles. The third-order valence-electron chi connectivity index (χ3n) is 5.15. The average molecular weight is 347 g/mol. The Balaban J connectivity index is 1.73. The predicted octanol–water partition coefficient (Wildman–Crippen LogP) is 3.64. The van der Waals surface area contributed by atoms with Gasteiger partial charge in [-0.1, -0.05) is 31.2 Å². The van der Waals surface area contributed by atoms with Crippen molar-refractivity contribution in [1.82, 2.24) is 4.98 Å². The van der Waals surface area contributed by atoms with Crippen LogP contribution < -0.4 is 11.1 Å². The molecule has 0 radical (unpaired) electrons. The number of aromatic amines is 1. The Hall–Kier alpha value is -3.08. The summed E-state index contributed by atoms with van der Waals surface area (Å²) in [5.41, 5.74) is 10.1. The number of fused-ring (bicyclic) bond motifs is 3. The number of aromatic nitrogens is 1. The monoisotopic (exact) mass is 347 g/mol. The van der Waals surface area contributed by atoms with Crippen LogP contribution >= 0.6 is 0 Å². The van der Waals surface area contributed by atoms with E-state index in [2.05, 4.69) is 23.3 Å². The van der Waals surface area contributed by atoms with E-state index in [0.29, 0.717) is 22.7 Å². The van der Waals surface area contributed by atoms with Gasteiger partial charge in [-0.2, -0.15) is 0 Å². The van der Waals surface area contributed by atoms with Crippen LogP contribution in [-0.4, -0.2) is 16.8 Å². The van der Waals surface area contributed by atoms with Crippen LogP contribution in [0.5, 0.6) is 0 Å². The molecule has 2 aromatic carbocycles. The van der Waals surface area contributed by atoms with Crippen molar-refractivity contribution in [2.45, 2.75) is 26.2 Å². The van der Waals surface area contributed by atoms with Gasteiger partial charge in [0, 0.05) is 11.1 Å². The van der Waals surface area contributed by atoms with Gasteiger partial charge in [0.2, 0.25) is 0 Å². The van der Waals surface area contributed by atoms with Gasteiger partial charge in [-0.15, -0.1) is 0 Å². The second-order valence-electron chi connectivity index (χ2n) is 7.02. The van der Waals surface area contributed by atoms with Crippen molar-refractivity contribution in [1.29, 1.82) is 0 Å². The second-order valence-corrected chi connectivity index (χ2v) is 7.02. The van der Waals surface area contributed by atoms with E-state index in [-0.39, 0.29) is 5.91 Å². The zero-order valence-corrected chi connectivity index (χ0v) is 14.6. The Bertz CT molecular complexity index is 1020. The molecule has 1 atom stereocenters. The number of nitrogens with two attached hydrogens (primary N) is 1. The number of hydrogen-bond acceptors (Lipinski definition) is 2. The van der Waals surface area contributed by atoms with Crippen LogP contribution in [0.2, 0.25) is 0 Å². The molecular formula is C21H21N3O2. The molecule has 3 aromatic rings. The van der Waals surface area contributed by atoms with Crippen molar-refractivity contribution in [2.24, 2.45) is 11.7 Å². The van der Waals surface area contributed by atoms with Crippen LogP contribution in [0, 0.1) is 5.92 Å². The number of carbonyl (C=O) groups excluding carboxylic acids is 2. The summed E-state index contributed by atoms with van der Waals surface area (Å²) in [6.45, 7) is 2.26. The van der Waals surface area contributed by atoms with Gasteiger partial charge in [0.15, 0.2) is 0 Å². The van der Waals surface area contributed by atoms with Gasteiger partial charge in [-0.3, -0.25) is 9.59 Å². The Labute approximate surface area is 151 Å². The molecule has 2 amide bonds. The van der Waals surface area contributed by atoms with Gasteiger partial charge in [-0.25, -0.2) is 0 Å². The van der Waals surface area contributed by atoms with E-state index >= 15 is 0 Å². The number of para-hydroxylation sites is 2. The zero-order valence-electron chi connectivity index (χ0n) is 14.6. The lowest BCUT2D eigenvalue weighted by atomic mass is 9.87. The highest BCUT2D eigenvalue weighted by atomic mass is 16.2. The summed E-state index contributed by atoms with van der Waals surface area (Å²) in [6, 6.07) is 12.5. The second kappa shape index (κ2) is 6.33. The third-order valence-corrected chi connectivity index (χ3v) is 5.15. The lowest BCUT2D eigenvalue weighted by molar-refractivity contribution is 0.100. The van der Waals surface area contributed by atoms with E-state index in [0.717, 1.165) is 30.2 Å². The van der Waals surface area contributed by atoms with Crippen molar-refractivity contribution >= 4 is 28.4 Å². The van der Waals surface area contributed by atoms with Crippen LogP contribution in [0.3, 0.4) is 0 Å². The first-order valence-corrected chi connectivity index (χ1v) is 8.87. The van der Waals surface area contributed by atoms with Crippen molar-refractivity contribution in [3.8, 4) is 0 Å². The number of anilines is 1. The van der Waals surface area contributed by atoms with Gasteiger partial charge in [0.05, 0.1) is 22.3 Å². The number of nitrogens with one attached hydrogen (secondary N) is 2. The Morgan fingerprint density at radius 3 is 2.69 bits per heavy atom. The van der Waals surface area contributed by atoms with Gasteiger partial charge < -0.3 is 16.0 Å². The minimum Gasteiger partial charge on any atom is -0.366 e. The molecular weight excluding hydrogens is 326 g/mol. The highest BCUT2D eigenvalue weighted by molar-refractivity contribution is 6.14. The fraction of sp³-hybridized carbons (Fsp3) is 0.238.